The maximum Gasteiger partial charge on any atom is 0.273 e. The van der Waals surface area contributed by atoms with E-state index in [4.69, 9.17) is 4.74 Å². The van der Waals surface area contributed by atoms with E-state index in [1.165, 1.54) is 5.56 Å². The number of piperidine rings is 1. The van der Waals surface area contributed by atoms with Crippen molar-refractivity contribution in [3.8, 4) is 0 Å². The van der Waals surface area contributed by atoms with Gasteiger partial charge in [0.05, 0.1) is 10.6 Å². The van der Waals surface area contributed by atoms with Crippen LogP contribution >= 0.6 is 11.3 Å². The van der Waals surface area contributed by atoms with Gasteiger partial charge in [-0.3, -0.25) is 4.79 Å². The van der Waals surface area contributed by atoms with Crippen molar-refractivity contribution in [2.75, 3.05) is 20.2 Å². The first-order chi connectivity index (χ1) is 11.7. The van der Waals surface area contributed by atoms with Crippen molar-refractivity contribution >= 4 is 17.2 Å². The maximum atomic E-state index is 12.7. The highest BCUT2D eigenvalue weighted by Crippen LogP contribution is 2.36. The summed E-state index contributed by atoms with van der Waals surface area (Å²) in [6.45, 7) is 3.52. The lowest BCUT2D eigenvalue weighted by Crippen LogP contribution is -2.46. The highest BCUT2D eigenvalue weighted by atomic mass is 32.1. The van der Waals surface area contributed by atoms with Crippen molar-refractivity contribution in [1.82, 2.24) is 9.88 Å². The van der Waals surface area contributed by atoms with Gasteiger partial charge < -0.3 is 9.64 Å². The van der Waals surface area contributed by atoms with Crippen LogP contribution in [0.1, 0.15) is 47.2 Å². The molecule has 5 heteroatoms. The van der Waals surface area contributed by atoms with Crippen LogP contribution in [-0.4, -0.2) is 36.0 Å². The van der Waals surface area contributed by atoms with Crippen LogP contribution in [0.2, 0.25) is 0 Å². The summed E-state index contributed by atoms with van der Waals surface area (Å²) >= 11 is 1.58. The van der Waals surface area contributed by atoms with E-state index in [-0.39, 0.29) is 11.5 Å². The number of hydrogen-bond donors (Lipinski definition) is 0. The van der Waals surface area contributed by atoms with Gasteiger partial charge in [-0.25, -0.2) is 4.98 Å². The van der Waals surface area contributed by atoms with Gasteiger partial charge in [-0.2, -0.15) is 0 Å². The topological polar surface area (TPSA) is 42.4 Å². The molecule has 1 fully saturated rings. The van der Waals surface area contributed by atoms with Crippen molar-refractivity contribution in [3.05, 3.63) is 52.0 Å². The minimum absolute atomic E-state index is 0.0476. The van der Waals surface area contributed by atoms with Gasteiger partial charge in [0.1, 0.15) is 5.69 Å². The van der Waals surface area contributed by atoms with Gasteiger partial charge >= 0.3 is 0 Å². The summed E-state index contributed by atoms with van der Waals surface area (Å²) < 4.78 is 5.88. The third kappa shape index (κ3) is 3.37. The molecule has 3 rings (SSSR count). The Bertz CT molecular complexity index is 676. The Morgan fingerprint density at radius 2 is 2.00 bits per heavy atom. The Morgan fingerprint density at radius 1 is 1.29 bits per heavy atom. The molecule has 128 valence electrons. The summed E-state index contributed by atoms with van der Waals surface area (Å²) in [5.41, 5.74) is 1.50. The SMILES string of the molecule is CCCc1nc(C(=O)N2CCC(OC)(c3ccccc3)CC2)cs1. The van der Waals surface area contributed by atoms with Crippen LogP contribution < -0.4 is 0 Å². The van der Waals surface area contributed by atoms with E-state index in [9.17, 15) is 4.79 Å². The first kappa shape index (κ1) is 17.1. The number of nitrogens with zero attached hydrogens (tertiary/aromatic N) is 2. The van der Waals surface area contributed by atoms with Gasteiger partial charge in [0.15, 0.2) is 0 Å². The average Bonchev–Trinajstić information content (AvgIpc) is 3.11. The molecular weight excluding hydrogens is 320 g/mol. The molecule has 0 spiro atoms. The monoisotopic (exact) mass is 344 g/mol. The van der Waals surface area contributed by atoms with Gasteiger partial charge in [0.2, 0.25) is 0 Å². The predicted octanol–water partition coefficient (Wildman–Crippen LogP) is 3.87. The molecule has 0 radical (unpaired) electrons. The first-order valence-corrected chi connectivity index (χ1v) is 9.41. The second kappa shape index (κ2) is 7.45. The Morgan fingerprint density at radius 3 is 2.62 bits per heavy atom. The number of carbonyl (C=O) groups is 1. The Balaban J connectivity index is 1.68. The Labute approximate surface area is 147 Å². The summed E-state index contributed by atoms with van der Waals surface area (Å²) in [6.07, 6.45) is 3.62. The molecule has 0 unspecified atom stereocenters. The van der Waals surface area contributed by atoms with Gasteiger partial charge in [-0.05, 0) is 31.2 Å². The second-order valence-corrected chi connectivity index (χ2v) is 7.18. The molecule has 2 aromatic rings. The molecule has 4 nitrogen and oxygen atoms in total. The molecule has 0 atom stereocenters. The highest BCUT2D eigenvalue weighted by molar-refractivity contribution is 7.09. The zero-order valence-corrected chi connectivity index (χ0v) is 15.1. The van der Waals surface area contributed by atoms with Crippen LogP contribution in [-0.2, 0) is 16.8 Å². The van der Waals surface area contributed by atoms with Crippen molar-refractivity contribution in [3.63, 3.8) is 0 Å². The third-order valence-corrected chi connectivity index (χ3v) is 5.69. The largest absolute Gasteiger partial charge is 0.373 e. The van der Waals surface area contributed by atoms with Gasteiger partial charge in [-0.1, -0.05) is 37.3 Å². The molecule has 0 bridgehead atoms. The quantitative estimate of drug-likeness (QED) is 0.827. The van der Waals surface area contributed by atoms with Gasteiger partial charge in [0.25, 0.3) is 5.91 Å². The molecule has 2 heterocycles. The lowest BCUT2D eigenvalue weighted by atomic mass is 9.84. The van der Waals surface area contributed by atoms with Crippen molar-refractivity contribution < 1.29 is 9.53 Å². The number of aryl methyl sites for hydroxylation is 1. The predicted molar refractivity (Wildman–Crippen MR) is 96.4 cm³/mol. The van der Waals surface area contributed by atoms with Crippen LogP contribution in [0.3, 0.4) is 0 Å². The minimum Gasteiger partial charge on any atom is -0.373 e. The number of aromatic nitrogens is 1. The number of carbonyl (C=O) groups excluding carboxylic acids is 1. The summed E-state index contributed by atoms with van der Waals surface area (Å²) in [6, 6.07) is 10.3. The smallest absolute Gasteiger partial charge is 0.273 e. The summed E-state index contributed by atoms with van der Waals surface area (Å²) in [4.78, 5) is 19.1. The number of rotatable bonds is 5. The van der Waals surface area contributed by atoms with E-state index < -0.39 is 0 Å². The number of benzene rings is 1. The zero-order valence-electron chi connectivity index (χ0n) is 14.3. The van der Waals surface area contributed by atoms with Crippen LogP contribution in [0, 0.1) is 0 Å². The number of amides is 1. The molecule has 1 aromatic carbocycles. The van der Waals surface area contributed by atoms with Crippen LogP contribution in [0.4, 0.5) is 0 Å². The fourth-order valence-corrected chi connectivity index (χ4v) is 4.20. The Hall–Kier alpha value is -1.72. The average molecular weight is 344 g/mol. The molecule has 1 aliphatic rings. The van der Waals surface area contributed by atoms with Crippen LogP contribution in [0.5, 0.6) is 0 Å². The third-order valence-electron chi connectivity index (χ3n) is 4.78. The lowest BCUT2D eigenvalue weighted by molar-refractivity contribution is -0.0575. The van der Waals surface area contributed by atoms with Crippen molar-refractivity contribution in [1.29, 1.82) is 0 Å². The zero-order chi connectivity index (χ0) is 17.0. The minimum atomic E-state index is -0.284. The second-order valence-electron chi connectivity index (χ2n) is 6.23. The van der Waals surface area contributed by atoms with E-state index in [0.29, 0.717) is 18.8 Å². The van der Waals surface area contributed by atoms with Crippen LogP contribution in [0.15, 0.2) is 35.7 Å². The van der Waals surface area contributed by atoms with E-state index in [0.717, 1.165) is 30.7 Å². The summed E-state index contributed by atoms with van der Waals surface area (Å²) in [7, 11) is 1.77. The lowest BCUT2D eigenvalue weighted by Gasteiger charge is -2.41. The molecule has 24 heavy (non-hydrogen) atoms. The number of methoxy groups -OCH3 is 1. The molecule has 1 amide bonds. The van der Waals surface area contributed by atoms with Gasteiger partial charge in [-0.15, -0.1) is 11.3 Å². The molecular formula is C19H24N2O2S. The van der Waals surface area contributed by atoms with Crippen LogP contribution in [0.25, 0.3) is 0 Å². The Kier molecular flexibility index (Phi) is 5.31. The van der Waals surface area contributed by atoms with Gasteiger partial charge in [0, 0.05) is 25.6 Å². The number of ether oxygens (including phenoxy) is 1. The van der Waals surface area contributed by atoms with Crippen molar-refractivity contribution in [2.24, 2.45) is 0 Å². The number of hydrogen-bond acceptors (Lipinski definition) is 4. The van der Waals surface area contributed by atoms with E-state index in [1.807, 2.05) is 28.5 Å². The molecule has 0 saturated carbocycles. The van der Waals surface area contributed by atoms with Crippen molar-refractivity contribution in [2.45, 2.75) is 38.2 Å². The molecule has 0 aliphatic carbocycles. The molecule has 0 N–H and O–H groups in total. The molecule has 1 aromatic heterocycles. The maximum absolute atomic E-state index is 12.7. The molecule has 1 saturated heterocycles. The van der Waals surface area contributed by atoms with E-state index in [2.05, 4.69) is 24.0 Å². The normalized spacial score (nSPS) is 17.0. The van der Waals surface area contributed by atoms with E-state index in [1.54, 1.807) is 18.4 Å². The first-order valence-electron chi connectivity index (χ1n) is 8.53. The standard InChI is InChI=1S/C19H24N2O2S/c1-3-7-17-20-16(14-24-17)18(22)21-12-10-19(23-2,11-13-21)15-8-5-4-6-9-15/h4-6,8-9,14H,3,7,10-13H2,1-2H3. The fourth-order valence-electron chi connectivity index (χ4n) is 3.32. The highest BCUT2D eigenvalue weighted by Gasteiger charge is 2.37. The molecule has 1 aliphatic heterocycles. The summed E-state index contributed by atoms with van der Waals surface area (Å²) in [5.74, 6) is 0.0476. The number of thiazole rings is 1. The number of likely N-dealkylation sites (tertiary alicyclic amines) is 1. The summed E-state index contributed by atoms with van der Waals surface area (Å²) in [5, 5.41) is 2.94. The van der Waals surface area contributed by atoms with E-state index >= 15 is 0 Å². The fraction of sp³-hybridized carbons (Fsp3) is 0.474.